The third-order valence-corrected chi connectivity index (χ3v) is 1.90. The summed E-state index contributed by atoms with van der Waals surface area (Å²) in [7, 11) is 1.35. The quantitative estimate of drug-likeness (QED) is 0.754. The van der Waals surface area contributed by atoms with Crippen LogP contribution in [0.15, 0.2) is 24.3 Å². The molecule has 0 heterocycles. The van der Waals surface area contributed by atoms with Crippen LogP contribution in [0.2, 0.25) is 0 Å². The number of aromatic carboxylic acids is 1. The summed E-state index contributed by atoms with van der Waals surface area (Å²) in [5, 5.41) is 17.4. The number of carboxylic acid groups (broad SMARTS) is 2. The van der Waals surface area contributed by atoms with Gasteiger partial charge < -0.3 is 14.9 Å². The molecule has 0 bridgehead atoms. The van der Waals surface area contributed by atoms with Gasteiger partial charge in [-0.1, -0.05) is 12.1 Å². The molecule has 0 fully saturated rings. The molecule has 0 aliphatic rings. The Morgan fingerprint density at radius 3 is 2.50 bits per heavy atom. The normalized spacial score (nSPS) is 10.3. The molecule has 0 saturated carbocycles. The lowest BCUT2D eigenvalue weighted by atomic mass is 10.1. The van der Waals surface area contributed by atoms with Gasteiger partial charge in [-0.15, -0.1) is 0 Å². The average Bonchev–Trinajstić information content (AvgIpc) is 2.25. The third kappa shape index (κ3) is 2.60. The number of ether oxygens (including phenoxy) is 1. The highest BCUT2D eigenvalue weighted by atomic mass is 16.5. The van der Waals surface area contributed by atoms with Gasteiger partial charge in [-0.2, -0.15) is 0 Å². The van der Waals surface area contributed by atoms with E-state index in [1.54, 1.807) is 6.07 Å². The molecule has 5 heteroatoms. The Bertz CT molecular complexity index is 448. The molecule has 5 nitrogen and oxygen atoms in total. The van der Waals surface area contributed by atoms with Crippen molar-refractivity contribution in [1.29, 1.82) is 0 Å². The Morgan fingerprint density at radius 1 is 1.31 bits per heavy atom. The van der Waals surface area contributed by atoms with E-state index >= 15 is 0 Å². The number of aliphatic carboxylic acids is 1. The van der Waals surface area contributed by atoms with Crippen LogP contribution in [0.4, 0.5) is 0 Å². The fourth-order valence-electron chi connectivity index (χ4n) is 1.25. The van der Waals surface area contributed by atoms with Crippen molar-refractivity contribution in [1.82, 2.24) is 0 Å². The lowest BCUT2D eigenvalue weighted by Gasteiger charge is -2.07. The van der Waals surface area contributed by atoms with E-state index in [1.165, 1.54) is 25.3 Å². The highest BCUT2D eigenvalue weighted by Gasteiger charge is 2.14. The molecule has 16 heavy (non-hydrogen) atoms. The molecule has 84 valence electrons. The number of hydrogen-bond donors (Lipinski definition) is 2. The third-order valence-electron chi connectivity index (χ3n) is 1.90. The van der Waals surface area contributed by atoms with Crippen molar-refractivity contribution >= 4 is 18.0 Å². The van der Waals surface area contributed by atoms with Gasteiger partial charge in [0.2, 0.25) is 0 Å². The van der Waals surface area contributed by atoms with Crippen LogP contribution in [0, 0.1) is 0 Å². The maximum absolute atomic E-state index is 11.0. The number of benzene rings is 1. The lowest BCUT2D eigenvalue weighted by molar-refractivity contribution is -0.131. The first-order valence-electron chi connectivity index (χ1n) is 4.37. The van der Waals surface area contributed by atoms with Gasteiger partial charge in [-0.3, -0.25) is 0 Å². The number of hydrogen-bond acceptors (Lipinski definition) is 3. The van der Waals surface area contributed by atoms with Crippen LogP contribution < -0.4 is 4.74 Å². The monoisotopic (exact) mass is 222 g/mol. The molecule has 1 rings (SSSR count). The summed E-state index contributed by atoms with van der Waals surface area (Å²) in [5.41, 5.74) is 0.233. The molecule has 0 aliphatic carbocycles. The Kier molecular flexibility index (Phi) is 3.66. The van der Waals surface area contributed by atoms with Gasteiger partial charge in [0.15, 0.2) is 0 Å². The first-order chi connectivity index (χ1) is 7.56. The largest absolute Gasteiger partial charge is 0.496 e. The predicted octanol–water partition coefficient (Wildman–Crippen LogP) is 1.49. The summed E-state index contributed by atoms with van der Waals surface area (Å²) < 4.78 is 4.89. The summed E-state index contributed by atoms with van der Waals surface area (Å²) in [6.07, 6.45) is 2.09. The minimum atomic E-state index is -1.16. The zero-order valence-electron chi connectivity index (χ0n) is 8.51. The molecule has 0 amide bonds. The van der Waals surface area contributed by atoms with Crippen molar-refractivity contribution in [2.24, 2.45) is 0 Å². The van der Waals surface area contributed by atoms with Crippen molar-refractivity contribution < 1.29 is 24.5 Å². The van der Waals surface area contributed by atoms with Gasteiger partial charge in [0.1, 0.15) is 11.3 Å². The SMILES string of the molecule is COc1cccc(C=CC(=O)O)c1C(=O)O. The lowest BCUT2D eigenvalue weighted by Crippen LogP contribution is -2.03. The first kappa shape index (κ1) is 11.8. The minimum absolute atomic E-state index is 0.0532. The van der Waals surface area contributed by atoms with Crippen LogP contribution >= 0.6 is 0 Å². The van der Waals surface area contributed by atoms with Crippen LogP contribution in [0.3, 0.4) is 0 Å². The first-order valence-corrected chi connectivity index (χ1v) is 4.37. The van der Waals surface area contributed by atoms with Crippen molar-refractivity contribution in [3.05, 3.63) is 35.4 Å². The molecule has 1 aromatic rings. The second-order valence-electron chi connectivity index (χ2n) is 2.90. The summed E-state index contributed by atoms with van der Waals surface area (Å²) in [6.45, 7) is 0. The van der Waals surface area contributed by atoms with E-state index in [-0.39, 0.29) is 16.9 Å². The van der Waals surface area contributed by atoms with Crippen molar-refractivity contribution in [2.45, 2.75) is 0 Å². The average molecular weight is 222 g/mol. The standard InChI is InChI=1S/C11H10O5/c1-16-8-4-2-3-7(5-6-9(12)13)10(8)11(14)15/h2-6H,1H3,(H,12,13)(H,14,15). The van der Waals surface area contributed by atoms with E-state index in [0.29, 0.717) is 0 Å². The molecule has 0 aromatic heterocycles. The van der Waals surface area contributed by atoms with Crippen molar-refractivity contribution in [2.75, 3.05) is 7.11 Å². The maximum atomic E-state index is 11.0. The molecule has 0 unspecified atom stereocenters. The summed E-state index contributed by atoms with van der Waals surface area (Å²) in [6, 6.07) is 4.60. The second-order valence-corrected chi connectivity index (χ2v) is 2.90. The minimum Gasteiger partial charge on any atom is -0.496 e. The summed E-state index contributed by atoms with van der Waals surface area (Å²) in [4.78, 5) is 21.3. The topological polar surface area (TPSA) is 83.8 Å². The highest BCUT2D eigenvalue weighted by Crippen LogP contribution is 2.23. The number of methoxy groups -OCH3 is 1. The van der Waals surface area contributed by atoms with E-state index in [2.05, 4.69) is 0 Å². The van der Waals surface area contributed by atoms with Crippen LogP contribution in [0.5, 0.6) is 5.75 Å². The summed E-state index contributed by atoms with van der Waals surface area (Å²) in [5.74, 6) is -2.11. The molecule has 1 aromatic carbocycles. The molecule has 0 spiro atoms. The van der Waals surface area contributed by atoms with Crippen molar-refractivity contribution in [3.63, 3.8) is 0 Å². The number of carbonyl (C=O) groups is 2. The number of rotatable bonds is 4. The molecule has 0 saturated heterocycles. The van der Waals surface area contributed by atoms with Gasteiger partial charge in [0, 0.05) is 6.08 Å². The van der Waals surface area contributed by atoms with Crippen LogP contribution in [0.25, 0.3) is 6.08 Å². The molecule has 2 N–H and O–H groups in total. The van der Waals surface area contributed by atoms with E-state index in [4.69, 9.17) is 14.9 Å². The highest BCUT2D eigenvalue weighted by molar-refractivity contribution is 5.97. The van der Waals surface area contributed by atoms with Crippen molar-refractivity contribution in [3.8, 4) is 5.75 Å². The van der Waals surface area contributed by atoms with Crippen LogP contribution in [0.1, 0.15) is 15.9 Å². The Balaban J connectivity index is 3.27. The molecular formula is C11H10O5. The van der Waals surface area contributed by atoms with Crippen LogP contribution in [-0.2, 0) is 4.79 Å². The van der Waals surface area contributed by atoms with Gasteiger partial charge in [0.25, 0.3) is 0 Å². The van der Waals surface area contributed by atoms with E-state index < -0.39 is 11.9 Å². The van der Waals surface area contributed by atoms with Crippen LogP contribution in [-0.4, -0.2) is 29.3 Å². The smallest absolute Gasteiger partial charge is 0.340 e. The Hall–Kier alpha value is -2.30. The predicted molar refractivity (Wildman–Crippen MR) is 56.6 cm³/mol. The van der Waals surface area contributed by atoms with Gasteiger partial charge in [-0.25, -0.2) is 9.59 Å². The summed E-state index contributed by atoms with van der Waals surface area (Å²) >= 11 is 0. The van der Waals surface area contributed by atoms with Gasteiger partial charge in [-0.05, 0) is 17.7 Å². The number of carboxylic acids is 2. The maximum Gasteiger partial charge on any atom is 0.340 e. The molecule has 0 radical (unpaired) electrons. The van der Waals surface area contributed by atoms with Gasteiger partial charge in [0.05, 0.1) is 7.11 Å². The van der Waals surface area contributed by atoms with E-state index in [0.717, 1.165) is 6.08 Å². The Morgan fingerprint density at radius 2 is 2.00 bits per heavy atom. The zero-order chi connectivity index (χ0) is 12.1. The fourth-order valence-corrected chi connectivity index (χ4v) is 1.25. The molecule has 0 aliphatic heterocycles. The Labute approximate surface area is 91.6 Å². The molecule has 0 atom stereocenters. The van der Waals surface area contributed by atoms with E-state index in [9.17, 15) is 9.59 Å². The van der Waals surface area contributed by atoms with Gasteiger partial charge >= 0.3 is 11.9 Å². The fraction of sp³-hybridized carbons (Fsp3) is 0.0909. The zero-order valence-corrected chi connectivity index (χ0v) is 8.51. The second kappa shape index (κ2) is 4.97. The van der Waals surface area contributed by atoms with E-state index in [1.807, 2.05) is 0 Å². The molecular weight excluding hydrogens is 212 g/mol.